The van der Waals surface area contributed by atoms with Crippen LogP contribution in [0.15, 0.2) is 36.4 Å². The highest BCUT2D eigenvalue weighted by Gasteiger charge is 2.60. The lowest BCUT2D eigenvalue weighted by molar-refractivity contribution is -0.132. The molecule has 3 saturated heterocycles. The first kappa shape index (κ1) is 15.5. The van der Waals surface area contributed by atoms with Crippen LogP contribution in [0.25, 0.3) is 10.8 Å². The van der Waals surface area contributed by atoms with E-state index >= 15 is 0 Å². The standard InChI is InChI=1S/C21H19N3O2/c1-23-11-13-7-9-17(23)19-18(13)20(25)24(21(19)26)16-8-6-12(10-22)14-4-2-3-5-15(14)16/h2-6,8,13,17-19H,7,9,11H2,1H3/t13?,17?,18-,19?/m0/s1. The number of fused-ring (bicyclic) bond motifs is 3. The van der Waals surface area contributed by atoms with Gasteiger partial charge >= 0.3 is 0 Å². The molecule has 5 nitrogen and oxygen atoms in total. The third-order valence-corrected chi connectivity index (χ3v) is 6.50. The van der Waals surface area contributed by atoms with Crippen molar-refractivity contribution in [3.8, 4) is 6.07 Å². The molecule has 2 aromatic carbocycles. The fraction of sp³-hybridized carbons (Fsp3) is 0.381. The molecular weight excluding hydrogens is 326 g/mol. The summed E-state index contributed by atoms with van der Waals surface area (Å²) in [5.41, 5.74) is 1.17. The van der Waals surface area contributed by atoms with Crippen molar-refractivity contribution in [2.75, 3.05) is 18.5 Å². The Bertz CT molecular complexity index is 992. The molecule has 0 N–H and O–H groups in total. The first-order valence-corrected chi connectivity index (χ1v) is 9.11. The summed E-state index contributed by atoms with van der Waals surface area (Å²) in [7, 11) is 2.06. The number of benzene rings is 2. The van der Waals surface area contributed by atoms with Crippen molar-refractivity contribution in [3.05, 3.63) is 42.0 Å². The quantitative estimate of drug-likeness (QED) is 0.745. The Morgan fingerprint density at radius 2 is 1.73 bits per heavy atom. The molecule has 6 rings (SSSR count). The number of piperidine rings is 2. The monoisotopic (exact) mass is 345 g/mol. The zero-order valence-corrected chi connectivity index (χ0v) is 14.6. The van der Waals surface area contributed by atoms with Crippen LogP contribution in [0.3, 0.4) is 0 Å². The van der Waals surface area contributed by atoms with Gasteiger partial charge in [0.15, 0.2) is 0 Å². The summed E-state index contributed by atoms with van der Waals surface area (Å²) in [4.78, 5) is 30.2. The summed E-state index contributed by atoms with van der Waals surface area (Å²) in [5.74, 6) is -0.281. The first-order valence-electron chi connectivity index (χ1n) is 9.11. The predicted molar refractivity (Wildman–Crippen MR) is 97.3 cm³/mol. The smallest absolute Gasteiger partial charge is 0.239 e. The van der Waals surface area contributed by atoms with Gasteiger partial charge in [-0.05, 0) is 37.9 Å². The molecule has 3 unspecified atom stereocenters. The van der Waals surface area contributed by atoms with Gasteiger partial charge in [0.05, 0.1) is 29.2 Å². The summed E-state index contributed by atoms with van der Waals surface area (Å²) in [6, 6.07) is 13.3. The number of imide groups is 1. The molecule has 5 heteroatoms. The second-order valence-corrected chi connectivity index (χ2v) is 7.70. The zero-order valence-electron chi connectivity index (χ0n) is 14.6. The Labute approximate surface area is 151 Å². The Hall–Kier alpha value is -2.71. The normalized spacial score (nSPS) is 30.7. The number of carbonyl (C=O) groups is 2. The summed E-state index contributed by atoms with van der Waals surface area (Å²) in [5, 5.41) is 10.9. The van der Waals surface area contributed by atoms with Crippen LogP contribution in [0.4, 0.5) is 5.69 Å². The molecule has 3 aliphatic heterocycles. The number of amides is 2. The highest BCUT2D eigenvalue weighted by Crippen LogP contribution is 2.49. The van der Waals surface area contributed by atoms with E-state index in [1.807, 2.05) is 24.3 Å². The van der Waals surface area contributed by atoms with E-state index in [-0.39, 0.29) is 35.6 Å². The first-order chi connectivity index (χ1) is 12.6. The van der Waals surface area contributed by atoms with Crippen LogP contribution in [-0.2, 0) is 9.59 Å². The molecule has 0 aromatic heterocycles. The molecule has 4 fully saturated rings. The van der Waals surface area contributed by atoms with Crippen molar-refractivity contribution in [2.45, 2.75) is 18.9 Å². The average Bonchev–Trinajstić information content (AvgIpc) is 2.94. The van der Waals surface area contributed by atoms with Gasteiger partial charge in [0.25, 0.3) is 0 Å². The molecule has 3 heterocycles. The number of rotatable bonds is 1. The van der Waals surface area contributed by atoms with E-state index in [4.69, 9.17) is 0 Å². The van der Waals surface area contributed by atoms with Crippen LogP contribution in [0.1, 0.15) is 18.4 Å². The van der Waals surface area contributed by atoms with Crippen molar-refractivity contribution in [3.63, 3.8) is 0 Å². The maximum Gasteiger partial charge on any atom is 0.239 e. The molecule has 1 aliphatic carbocycles. The fourth-order valence-corrected chi connectivity index (χ4v) is 5.37. The van der Waals surface area contributed by atoms with Crippen LogP contribution in [0.2, 0.25) is 0 Å². The Balaban J connectivity index is 1.66. The highest BCUT2D eigenvalue weighted by molar-refractivity contribution is 6.25. The minimum atomic E-state index is -0.227. The molecule has 2 aromatic rings. The average molecular weight is 345 g/mol. The Kier molecular flexibility index (Phi) is 3.22. The predicted octanol–water partition coefficient (Wildman–Crippen LogP) is 2.54. The number of anilines is 1. The van der Waals surface area contributed by atoms with Crippen LogP contribution < -0.4 is 4.90 Å². The molecule has 2 amide bonds. The van der Waals surface area contributed by atoms with Crippen LogP contribution >= 0.6 is 0 Å². The number of hydrogen-bond donors (Lipinski definition) is 0. The number of nitriles is 1. The largest absolute Gasteiger partial charge is 0.302 e. The molecule has 2 bridgehead atoms. The lowest BCUT2D eigenvalue weighted by Gasteiger charge is -2.48. The summed E-state index contributed by atoms with van der Waals surface area (Å²) >= 11 is 0. The molecule has 1 saturated carbocycles. The van der Waals surface area contributed by atoms with E-state index in [2.05, 4.69) is 18.0 Å². The molecule has 4 atom stereocenters. The fourth-order valence-electron chi connectivity index (χ4n) is 5.37. The minimum absolute atomic E-state index is 0.0577. The molecule has 0 radical (unpaired) electrons. The maximum absolute atomic E-state index is 13.3. The second-order valence-electron chi connectivity index (χ2n) is 7.70. The lowest BCUT2D eigenvalue weighted by atomic mass is 9.66. The van der Waals surface area contributed by atoms with Gasteiger partial charge < -0.3 is 4.90 Å². The van der Waals surface area contributed by atoms with Gasteiger partial charge in [0, 0.05) is 23.4 Å². The van der Waals surface area contributed by atoms with Crippen LogP contribution in [0.5, 0.6) is 0 Å². The van der Waals surface area contributed by atoms with E-state index in [1.165, 1.54) is 4.90 Å². The SMILES string of the molecule is CN1CC2CCC1C1C(=O)N(c3ccc(C#N)c4ccccc34)C(=O)[C@@H]21. The van der Waals surface area contributed by atoms with Gasteiger partial charge in [-0.1, -0.05) is 24.3 Å². The van der Waals surface area contributed by atoms with Crippen LogP contribution in [0, 0.1) is 29.1 Å². The second kappa shape index (κ2) is 5.39. The van der Waals surface area contributed by atoms with E-state index in [9.17, 15) is 14.9 Å². The topological polar surface area (TPSA) is 64.4 Å². The summed E-state index contributed by atoms with van der Waals surface area (Å²) < 4.78 is 0. The highest BCUT2D eigenvalue weighted by atomic mass is 16.2. The third-order valence-electron chi connectivity index (χ3n) is 6.50. The van der Waals surface area contributed by atoms with Crippen molar-refractivity contribution < 1.29 is 9.59 Å². The van der Waals surface area contributed by atoms with E-state index in [0.29, 0.717) is 11.3 Å². The molecule has 26 heavy (non-hydrogen) atoms. The molecule has 0 spiro atoms. The van der Waals surface area contributed by atoms with Crippen molar-refractivity contribution in [1.29, 1.82) is 5.26 Å². The lowest BCUT2D eigenvalue weighted by Crippen LogP contribution is -2.56. The summed E-state index contributed by atoms with van der Waals surface area (Å²) in [6.45, 7) is 0.896. The third kappa shape index (κ3) is 1.88. The van der Waals surface area contributed by atoms with Gasteiger partial charge in [-0.3, -0.25) is 9.59 Å². The van der Waals surface area contributed by atoms with Crippen molar-refractivity contribution >= 4 is 28.3 Å². The van der Waals surface area contributed by atoms with Gasteiger partial charge in [0.2, 0.25) is 11.8 Å². The van der Waals surface area contributed by atoms with E-state index in [1.54, 1.807) is 12.1 Å². The Morgan fingerprint density at radius 1 is 1.00 bits per heavy atom. The molecular formula is C21H19N3O2. The zero-order chi connectivity index (χ0) is 18.0. The Morgan fingerprint density at radius 3 is 2.46 bits per heavy atom. The number of carbonyl (C=O) groups excluding carboxylic acids is 2. The number of nitrogens with zero attached hydrogens (tertiary/aromatic N) is 3. The number of hydrogen-bond acceptors (Lipinski definition) is 4. The van der Waals surface area contributed by atoms with Gasteiger partial charge in [0.1, 0.15) is 0 Å². The molecule has 4 aliphatic rings. The van der Waals surface area contributed by atoms with Crippen LogP contribution in [-0.4, -0.2) is 36.3 Å². The van der Waals surface area contributed by atoms with Crippen molar-refractivity contribution in [1.82, 2.24) is 4.90 Å². The van der Waals surface area contributed by atoms with E-state index < -0.39 is 0 Å². The van der Waals surface area contributed by atoms with E-state index in [0.717, 1.165) is 30.2 Å². The van der Waals surface area contributed by atoms with Gasteiger partial charge in [-0.15, -0.1) is 0 Å². The molecule has 130 valence electrons. The van der Waals surface area contributed by atoms with Crippen molar-refractivity contribution in [2.24, 2.45) is 17.8 Å². The summed E-state index contributed by atoms with van der Waals surface area (Å²) in [6.07, 6.45) is 2.01. The van der Waals surface area contributed by atoms with Gasteiger partial charge in [-0.25, -0.2) is 4.90 Å². The van der Waals surface area contributed by atoms with Gasteiger partial charge in [-0.2, -0.15) is 5.26 Å². The minimum Gasteiger partial charge on any atom is -0.302 e. The maximum atomic E-state index is 13.3.